The van der Waals surface area contributed by atoms with Gasteiger partial charge in [-0.25, -0.2) is 4.79 Å². The molecular weight excluding hydrogens is 484 g/mol. The molecule has 1 aromatic heterocycles. The molecule has 3 fully saturated rings. The zero-order chi connectivity index (χ0) is 26.6. The fraction of sp³-hybridized carbons (Fsp3) is 0.571. The van der Waals surface area contributed by atoms with Gasteiger partial charge in [-0.15, -0.1) is 0 Å². The van der Waals surface area contributed by atoms with Crippen molar-refractivity contribution in [2.24, 2.45) is 17.8 Å². The van der Waals surface area contributed by atoms with Crippen molar-refractivity contribution in [1.29, 1.82) is 0 Å². The van der Waals surface area contributed by atoms with Gasteiger partial charge in [0.15, 0.2) is 0 Å². The van der Waals surface area contributed by atoms with Crippen LogP contribution in [0.2, 0.25) is 0 Å². The summed E-state index contributed by atoms with van der Waals surface area (Å²) in [6.07, 6.45) is 6.01. The summed E-state index contributed by atoms with van der Waals surface area (Å²) in [5.41, 5.74) is 2.01. The van der Waals surface area contributed by atoms with Crippen molar-refractivity contribution in [2.75, 3.05) is 18.5 Å². The molecule has 2 saturated carbocycles. The molecule has 3 atom stereocenters. The number of hydrogen-bond acceptors (Lipinski definition) is 5. The van der Waals surface area contributed by atoms with Crippen LogP contribution in [0.1, 0.15) is 74.6 Å². The molecule has 2 aliphatic carbocycles. The van der Waals surface area contributed by atoms with E-state index in [1.54, 1.807) is 21.8 Å². The summed E-state index contributed by atoms with van der Waals surface area (Å²) >= 11 is 0. The average Bonchev–Trinajstić information content (AvgIpc) is 3.77. The Kier molecular flexibility index (Phi) is 6.28. The van der Waals surface area contributed by atoms with E-state index >= 15 is 0 Å². The van der Waals surface area contributed by atoms with E-state index in [0.29, 0.717) is 42.1 Å². The quantitative estimate of drug-likeness (QED) is 0.468. The van der Waals surface area contributed by atoms with E-state index < -0.39 is 6.04 Å². The summed E-state index contributed by atoms with van der Waals surface area (Å²) in [6.45, 7) is 6.95. The Balaban J connectivity index is 1.21. The van der Waals surface area contributed by atoms with Gasteiger partial charge in [0, 0.05) is 42.1 Å². The number of carbonyl (C=O) groups is 3. The Bertz CT molecular complexity index is 1240. The lowest BCUT2D eigenvalue weighted by Gasteiger charge is -2.28. The first-order chi connectivity index (χ1) is 18.3. The number of aromatic nitrogens is 2. The van der Waals surface area contributed by atoms with Gasteiger partial charge < -0.3 is 25.6 Å². The van der Waals surface area contributed by atoms with E-state index in [4.69, 9.17) is 4.74 Å². The summed E-state index contributed by atoms with van der Waals surface area (Å²) in [4.78, 5) is 41.2. The van der Waals surface area contributed by atoms with E-state index in [0.717, 1.165) is 31.2 Å². The predicted octanol–water partition coefficient (Wildman–Crippen LogP) is 3.48. The Morgan fingerprint density at radius 3 is 2.50 bits per heavy atom. The third kappa shape index (κ3) is 4.72. The summed E-state index contributed by atoms with van der Waals surface area (Å²) < 4.78 is 7.61. The number of fused-ring (bicyclic) bond motifs is 1. The first-order valence-electron chi connectivity index (χ1n) is 13.8. The Hall–Kier alpha value is -3.56. The number of rotatable bonds is 9. The Morgan fingerprint density at radius 2 is 1.87 bits per heavy atom. The van der Waals surface area contributed by atoms with Crippen molar-refractivity contribution in [1.82, 2.24) is 25.3 Å². The number of benzene rings is 1. The van der Waals surface area contributed by atoms with Crippen molar-refractivity contribution in [3.05, 3.63) is 41.7 Å². The van der Waals surface area contributed by atoms with Crippen molar-refractivity contribution >= 4 is 23.5 Å². The third-order valence-corrected chi connectivity index (χ3v) is 8.19. The number of nitrogens with one attached hydrogen (secondary N) is 3. The Labute approximate surface area is 222 Å². The highest BCUT2D eigenvalue weighted by Crippen LogP contribution is 2.51. The largest absolute Gasteiger partial charge is 0.491 e. The first-order valence-corrected chi connectivity index (χ1v) is 13.8. The van der Waals surface area contributed by atoms with Gasteiger partial charge in [-0.3, -0.25) is 14.3 Å². The van der Waals surface area contributed by atoms with Crippen LogP contribution in [0.15, 0.2) is 30.5 Å². The molecule has 0 radical (unpaired) electrons. The maximum Gasteiger partial charge on any atom is 0.318 e. The molecule has 0 unspecified atom stereocenters. The van der Waals surface area contributed by atoms with Gasteiger partial charge in [0.25, 0.3) is 5.91 Å². The van der Waals surface area contributed by atoms with Crippen molar-refractivity contribution < 1.29 is 19.1 Å². The second-order valence-electron chi connectivity index (χ2n) is 11.5. The molecule has 6 rings (SSSR count). The normalized spacial score (nSPS) is 23.3. The zero-order valence-electron chi connectivity index (χ0n) is 22.1. The molecular formula is C28H36N6O4. The van der Waals surface area contributed by atoms with Gasteiger partial charge in [0.2, 0.25) is 5.91 Å². The number of hydrogen-bond donors (Lipinski definition) is 3. The highest BCUT2D eigenvalue weighted by Gasteiger charge is 2.48. The summed E-state index contributed by atoms with van der Waals surface area (Å²) in [7, 11) is 0. The van der Waals surface area contributed by atoms with Crippen LogP contribution in [-0.4, -0.2) is 57.8 Å². The molecule has 1 aromatic carbocycles. The molecule has 202 valence electrons. The van der Waals surface area contributed by atoms with Crippen molar-refractivity contribution in [2.45, 2.75) is 70.6 Å². The smallest absolute Gasteiger partial charge is 0.318 e. The second kappa shape index (κ2) is 9.63. The van der Waals surface area contributed by atoms with Crippen LogP contribution in [0, 0.1) is 17.8 Å². The van der Waals surface area contributed by atoms with E-state index in [2.05, 4.69) is 21.0 Å². The number of carbonyl (C=O) groups excluding carboxylic acids is 3. The van der Waals surface area contributed by atoms with Crippen molar-refractivity contribution in [3.63, 3.8) is 0 Å². The highest BCUT2D eigenvalue weighted by molar-refractivity contribution is 6.01. The van der Waals surface area contributed by atoms with Crippen LogP contribution >= 0.6 is 0 Å². The van der Waals surface area contributed by atoms with Crippen LogP contribution in [0.4, 0.5) is 10.5 Å². The summed E-state index contributed by atoms with van der Waals surface area (Å²) in [5.74, 6) is 1.24. The minimum atomic E-state index is -0.630. The van der Waals surface area contributed by atoms with Gasteiger partial charge in [0.1, 0.15) is 24.1 Å². The van der Waals surface area contributed by atoms with E-state index in [1.807, 2.05) is 39.0 Å². The minimum absolute atomic E-state index is 0.0331. The number of urea groups is 1. The van der Waals surface area contributed by atoms with Crippen molar-refractivity contribution in [3.8, 4) is 5.75 Å². The van der Waals surface area contributed by atoms with Crippen LogP contribution in [0.5, 0.6) is 5.75 Å². The number of ether oxygens (including phenoxy) is 1. The molecule has 38 heavy (non-hydrogen) atoms. The topological polar surface area (TPSA) is 118 Å². The van der Waals surface area contributed by atoms with Gasteiger partial charge in [-0.1, -0.05) is 6.07 Å². The number of anilines is 1. The molecule has 10 nitrogen and oxygen atoms in total. The van der Waals surface area contributed by atoms with E-state index in [1.165, 1.54) is 0 Å². The lowest BCUT2D eigenvalue weighted by Crippen LogP contribution is -2.50. The predicted molar refractivity (Wildman–Crippen MR) is 141 cm³/mol. The molecule has 10 heteroatoms. The molecule has 1 saturated heterocycles. The molecule has 2 aliphatic heterocycles. The molecule has 4 amide bonds. The van der Waals surface area contributed by atoms with Crippen LogP contribution in [0.25, 0.3) is 0 Å². The van der Waals surface area contributed by atoms with Gasteiger partial charge in [-0.05, 0) is 76.3 Å². The monoisotopic (exact) mass is 520 g/mol. The molecule has 0 spiro atoms. The third-order valence-electron chi connectivity index (χ3n) is 8.19. The van der Waals surface area contributed by atoms with Gasteiger partial charge in [0.05, 0.1) is 6.04 Å². The Morgan fingerprint density at radius 1 is 1.13 bits per heavy atom. The standard InChI is InChI=1S/C28H36N6O4/c1-15(2)34-21(10-11-29-34)26(35)32-25(24(17-4-5-17)18-6-7-18)27(36)31-19-8-9-20-22(14-38-23(20)12-19)33-13-16(3)30-28(33)37/h8-12,15-18,22,24-25H,4-7,13-14H2,1-3H3,(H,30,37)(H,31,36)(H,32,35)/t16-,22-,25+/m1/s1. The first kappa shape index (κ1) is 24.8. The van der Waals surface area contributed by atoms with Gasteiger partial charge in [-0.2, -0.15) is 5.10 Å². The molecule has 4 aliphatic rings. The van der Waals surface area contributed by atoms with Gasteiger partial charge >= 0.3 is 6.03 Å². The molecule has 3 heterocycles. The second-order valence-corrected chi connectivity index (χ2v) is 11.5. The maximum atomic E-state index is 13.7. The molecule has 2 aromatic rings. The highest BCUT2D eigenvalue weighted by atomic mass is 16.5. The zero-order valence-corrected chi connectivity index (χ0v) is 22.1. The molecule has 0 bridgehead atoms. The van der Waals surface area contributed by atoms with Crippen LogP contribution < -0.4 is 20.7 Å². The van der Waals surface area contributed by atoms with E-state index in [-0.39, 0.29) is 41.9 Å². The lowest BCUT2D eigenvalue weighted by atomic mass is 9.88. The molecule has 3 N–H and O–H groups in total. The van der Waals surface area contributed by atoms with Crippen LogP contribution in [-0.2, 0) is 4.79 Å². The lowest BCUT2D eigenvalue weighted by molar-refractivity contribution is -0.119. The fourth-order valence-corrected chi connectivity index (χ4v) is 6.08. The van der Waals surface area contributed by atoms with Crippen LogP contribution in [0.3, 0.4) is 0 Å². The van der Waals surface area contributed by atoms with E-state index in [9.17, 15) is 14.4 Å². The SMILES string of the molecule is CC(C)n1nccc1C(=O)N[C@H](C(=O)Nc1ccc2c(c1)OC[C@H]2N1C[C@@H](C)NC1=O)C(C1CC1)C1CC1. The summed E-state index contributed by atoms with van der Waals surface area (Å²) in [5, 5.41) is 13.4. The number of nitrogens with zero attached hydrogens (tertiary/aromatic N) is 3. The minimum Gasteiger partial charge on any atom is -0.491 e. The fourth-order valence-electron chi connectivity index (χ4n) is 6.08. The maximum absolute atomic E-state index is 13.7. The summed E-state index contributed by atoms with van der Waals surface area (Å²) in [6, 6.07) is 6.57. The average molecular weight is 521 g/mol. The number of amides is 4.